The Labute approximate surface area is 140 Å². The lowest BCUT2D eigenvalue weighted by molar-refractivity contribution is -0.116. The van der Waals surface area contributed by atoms with E-state index >= 15 is 0 Å². The molecule has 2 aliphatic heterocycles. The summed E-state index contributed by atoms with van der Waals surface area (Å²) in [5.41, 5.74) is 1.56. The zero-order valence-electron chi connectivity index (χ0n) is 13.7. The van der Waals surface area contributed by atoms with Gasteiger partial charge in [0.2, 0.25) is 5.91 Å². The number of imidazole rings is 1. The van der Waals surface area contributed by atoms with Crippen LogP contribution in [-0.4, -0.2) is 27.2 Å². The largest absolute Gasteiger partial charge is 0.504 e. The number of hydrogen-bond acceptors (Lipinski definition) is 4. The van der Waals surface area contributed by atoms with E-state index in [-0.39, 0.29) is 24.0 Å². The molecule has 24 heavy (non-hydrogen) atoms. The molecule has 6 heteroatoms. The second-order valence-electron chi connectivity index (χ2n) is 6.30. The summed E-state index contributed by atoms with van der Waals surface area (Å²) in [5, 5.41) is 13.6. The van der Waals surface area contributed by atoms with Crippen molar-refractivity contribution >= 4 is 11.7 Å². The smallest absolute Gasteiger partial charge is 0.226 e. The number of aromatic nitrogens is 2. The summed E-state index contributed by atoms with van der Waals surface area (Å²) >= 11 is 0. The third kappa shape index (κ3) is 2.33. The van der Waals surface area contributed by atoms with Crippen LogP contribution >= 0.6 is 0 Å². The SMILES string of the molecule is CCOc1cccc([C@@H]2CC(=O)Nc3c2nc2n3CCCC2)c1O. The number of nitrogens with one attached hydrogen (secondary N) is 1. The summed E-state index contributed by atoms with van der Waals surface area (Å²) in [6.45, 7) is 3.24. The highest BCUT2D eigenvalue weighted by atomic mass is 16.5. The van der Waals surface area contributed by atoms with Gasteiger partial charge < -0.3 is 19.7 Å². The Morgan fingerprint density at radius 1 is 1.42 bits per heavy atom. The van der Waals surface area contributed by atoms with Crippen molar-refractivity contribution in [2.75, 3.05) is 11.9 Å². The highest BCUT2D eigenvalue weighted by molar-refractivity contribution is 5.94. The Kier molecular flexibility index (Phi) is 3.67. The fourth-order valence-electron chi connectivity index (χ4n) is 3.69. The average Bonchev–Trinajstić information content (AvgIpc) is 2.95. The van der Waals surface area contributed by atoms with E-state index in [4.69, 9.17) is 9.72 Å². The minimum Gasteiger partial charge on any atom is -0.504 e. The minimum absolute atomic E-state index is 0.0398. The zero-order valence-corrected chi connectivity index (χ0v) is 13.7. The average molecular weight is 327 g/mol. The lowest BCUT2D eigenvalue weighted by atomic mass is 9.89. The Hall–Kier alpha value is -2.50. The van der Waals surface area contributed by atoms with Crippen molar-refractivity contribution in [2.24, 2.45) is 0 Å². The molecule has 3 heterocycles. The topological polar surface area (TPSA) is 76.4 Å². The number of carbonyl (C=O) groups excluding carboxylic acids is 1. The van der Waals surface area contributed by atoms with Crippen LogP contribution in [0.1, 0.15) is 49.2 Å². The molecule has 2 aliphatic rings. The maximum atomic E-state index is 12.3. The third-order valence-corrected chi connectivity index (χ3v) is 4.79. The van der Waals surface area contributed by atoms with Crippen molar-refractivity contribution in [1.29, 1.82) is 0 Å². The van der Waals surface area contributed by atoms with Gasteiger partial charge >= 0.3 is 0 Å². The number of phenols is 1. The van der Waals surface area contributed by atoms with Crippen LogP contribution in [0.3, 0.4) is 0 Å². The molecule has 2 aromatic rings. The number of fused-ring (bicyclic) bond motifs is 3. The number of hydrogen-bond donors (Lipinski definition) is 2. The van der Waals surface area contributed by atoms with Gasteiger partial charge in [0.1, 0.15) is 11.6 Å². The number of phenolic OH excluding ortho intramolecular Hbond substituents is 1. The molecule has 4 rings (SSSR count). The summed E-state index contributed by atoms with van der Waals surface area (Å²) in [6, 6.07) is 5.44. The number of carbonyl (C=O) groups is 1. The summed E-state index contributed by atoms with van der Waals surface area (Å²) in [6.07, 6.45) is 3.44. The first kappa shape index (κ1) is 15.1. The fourth-order valence-corrected chi connectivity index (χ4v) is 3.69. The molecule has 0 bridgehead atoms. The zero-order chi connectivity index (χ0) is 16.7. The molecule has 6 nitrogen and oxygen atoms in total. The van der Waals surface area contributed by atoms with Gasteiger partial charge in [-0.2, -0.15) is 0 Å². The normalized spacial score (nSPS) is 19.4. The Balaban J connectivity index is 1.82. The molecular weight excluding hydrogens is 306 g/mol. The highest BCUT2D eigenvalue weighted by Gasteiger charge is 2.34. The first-order valence-corrected chi connectivity index (χ1v) is 8.53. The minimum atomic E-state index is -0.243. The standard InChI is InChI=1S/C18H21N3O3/c1-2-24-13-7-5-6-11(17(13)23)12-10-15(22)20-18-16(12)19-14-8-3-4-9-21(14)18/h5-7,12,23H,2-4,8-10H2,1H3,(H,20,22)/t12-/m0/s1. The number of aromatic hydroxyl groups is 1. The van der Waals surface area contributed by atoms with Crippen molar-refractivity contribution in [2.45, 2.75) is 45.1 Å². The first-order valence-electron chi connectivity index (χ1n) is 8.53. The molecule has 0 radical (unpaired) electrons. The molecule has 126 valence electrons. The van der Waals surface area contributed by atoms with Crippen molar-refractivity contribution in [3.05, 3.63) is 35.3 Å². The van der Waals surface area contributed by atoms with Crippen LogP contribution < -0.4 is 10.1 Å². The highest BCUT2D eigenvalue weighted by Crippen LogP contribution is 2.44. The summed E-state index contributed by atoms with van der Waals surface area (Å²) < 4.78 is 7.61. The quantitative estimate of drug-likeness (QED) is 0.909. The predicted molar refractivity (Wildman–Crippen MR) is 89.5 cm³/mol. The monoisotopic (exact) mass is 327 g/mol. The van der Waals surface area contributed by atoms with Crippen LogP contribution in [0.2, 0.25) is 0 Å². The number of rotatable bonds is 3. The second kappa shape index (κ2) is 5.85. The number of nitrogens with zero attached hydrogens (tertiary/aromatic N) is 2. The number of anilines is 1. The van der Waals surface area contributed by atoms with E-state index in [0.29, 0.717) is 17.9 Å². The first-order chi connectivity index (χ1) is 11.7. The van der Waals surface area contributed by atoms with Crippen molar-refractivity contribution in [3.8, 4) is 11.5 Å². The van der Waals surface area contributed by atoms with Gasteiger partial charge in [0.15, 0.2) is 11.5 Å². The third-order valence-electron chi connectivity index (χ3n) is 4.79. The maximum absolute atomic E-state index is 12.3. The Bertz CT molecular complexity index is 797. The van der Waals surface area contributed by atoms with E-state index in [9.17, 15) is 9.90 Å². The van der Waals surface area contributed by atoms with Crippen LogP contribution in [0.5, 0.6) is 11.5 Å². The summed E-state index contributed by atoms with van der Waals surface area (Å²) in [4.78, 5) is 17.0. The predicted octanol–water partition coefficient (Wildman–Crippen LogP) is 2.80. The van der Waals surface area contributed by atoms with E-state index in [0.717, 1.165) is 43.1 Å². The molecule has 1 aromatic carbocycles. The number of para-hydroxylation sites is 1. The van der Waals surface area contributed by atoms with E-state index in [1.165, 1.54) is 0 Å². The van der Waals surface area contributed by atoms with Crippen LogP contribution in [0, 0.1) is 0 Å². The van der Waals surface area contributed by atoms with Gasteiger partial charge in [0.05, 0.1) is 12.3 Å². The Morgan fingerprint density at radius 2 is 2.29 bits per heavy atom. The summed E-state index contributed by atoms with van der Waals surface area (Å²) in [5.74, 6) is 2.10. The molecule has 0 fully saturated rings. The molecule has 0 saturated heterocycles. The molecule has 1 aromatic heterocycles. The Morgan fingerprint density at radius 3 is 3.12 bits per heavy atom. The molecule has 0 unspecified atom stereocenters. The van der Waals surface area contributed by atoms with Gasteiger partial charge in [-0.05, 0) is 25.8 Å². The number of benzene rings is 1. The lowest BCUT2D eigenvalue weighted by Gasteiger charge is -2.25. The van der Waals surface area contributed by atoms with Gasteiger partial charge in [-0.1, -0.05) is 12.1 Å². The van der Waals surface area contributed by atoms with Crippen molar-refractivity contribution < 1.29 is 14.6 Å². The number of aryl methyl sites for hydroxylation is 1. The van der Waals surface area contributed by atoms with E-state index in [2.05, 4.69) is 9.88 Å². The molecule has 2 N–H and O–H groups in total. The van der Waals surface area contributed by atoms with Crippen molar-refractivity contribution in [3.63, 3.8) is 0 Å². The van der Waals surface area contributed by atoms with Crippen LogP contribution in [0.4, 0.5) is 5.82 Å². The van der Waals surface area contributed by atoms with E-state index in [1.54, 1.807) is 6.07 Å². The lowest BCUT2D eigenvalue weighted by Crippen LogP contribution is -2.25. The van der Waals surface area contributed by atoms with Gasteiger partial charge in [-0.25, -0.2) is 4.98 Å². The number of amides is 1. The molecule has 0 saturated carbocycles. The maximum Gasteiger partial charge on any atom is 0.226 e. The van der Waals surface area contributed by atoms with Crippen LogP contribution in [-0.2, 0) is 17.8 Å². The second-order valence-corrected chi connectivity index (χ2v) is 6.30. The summed E-state index contributed by atoms with van der Waals surface area (Å²) in [7, 11) is 0. The van der Waals surface area contributed by atoms with Gasteiger partial charge in [0.25, 0.3) is 0 Å². The van der Waals surface area contributed by atoms with E-state index < -0.39 is 0 Å². The van der Waals surface area contributed by atoms with Gasteiger partial charge in [-0.3, -0.25) is 4.79 Å². The van der Waals surface area contributed by atoms with E-state index in [1.807, 2.05) is 19.1 Å². The molecular formula is C18H21N3O3. The molecule has 1 atom stereocenters. The molecule has 0 spiro atoms. The molecule has 1 amide bonds. The van der Waals surface area contributed by atoms with Crippen LogP contribution in [0.25, 0.3) is 0 Å². The fraction of sp³-hybridized carbons (Fsp3) is 0.444. The van der Waals surface area contributed by atoms with Gasteiger partial charge in [-0.15, -0.1) is 0 Å². The number of ether oxygens (including phenoxy) is 1. The van der Waals surface area contributed by atoms with Crippen LogP contribution in [0.15, 0.2) is 18.2 Å². The van der Waals surface area contributed by atoms with Gasteiger partial charge in [0, 0.05) is 30.9 Å². The van der Waals surface area contributed by atoms with Crippen molar-refractivity contribution in [1.82, 2.24) is 9.55 Å². The molecule has 0 aliphatic carbocycles.